The lowest BCUT2D eigenvalue weighted by atomic mass is 9.31. The van der Waals surface area contributed by atoms with Crippen molar-refractivity contribution < 1.29 is 13.2 Å². The summed E-state index contributed by atoms with van der Waals surface area (Å²) >= 11 is 1.38. The molecule has 0 aliphatic carbocycles. The molecule has 0 spiro atoms. The molecule has 0 bridgehead atoms. The van der Waals surface area contributed by atoms with E-state index in [9.17, 15) is 0 Å². The van der Waals surface area contributed by atoms with E-state index in [0.29, 0.717) is 21.7 Å². The van der Waals surface area contributed by atoms with E-state index in [1.165, 1.54) is 30.0 Å². The normalized spacial score (nSPS) is 12.9. The van der Waals surface area contributed by atoms with Gasteiger partial charge in [0.1, 0.15) is 17.3 Å². The molecule has 0 atom stereocenters. The van der Waals surface area contributed by atoms with Crippen LogP contribution in [-0.4, -0.2) is 13.4 Å². The van der Waals surface area contributed by atoms with Gasteiger partial charge >= 0.3 is 0 Å². The molecule has 0 aromatic heterocycles. The van der Waals surface area contributed by atoms with E-state index in [2.05, 4.69) is 238 Å². The van der Waals surface area contributed by atoms with Gasteiger partial charge in [-0.2, -0.15) is 0 Å². The smallest absolute Gasteiger partial charge is 0.252 e. The lowest BCUT2D eigenvalue weighted by Gasteiger charge is -2.46. The van der Waals surface area contributed by atoms with E-state index in [-0.39, 0.29) is 11.4 Å². The maximum atomic E-state index is 20.4. The van der Waals surface area contributed by atoms with Gasteiger partial charge in [0, 0.05) is 77.8 Å². The van der Waals surface area contributed by atoms with Gasteiger partial charge in [-0.3, -0.25) is 0 Å². The molecule has 18 rings (SSSR count). The first-order chi connectivity index (χ1) is 46.9. The number of hydrogen-bond acceptors (Lipinski definition) is 6. The molecule has 448 valence electrons. The first-order valence-corrected chi connectivity index (χ1v) is 32.8. The zero-order valence-corrected chi connectivity index (χ0v) is 51.9. The van der Waals surface area contributed by atoms with Crippen LogP contribution in [0.3, 0.4) is 0 Å². The minimum atomic E-state index is -0.828. The number of nitrogens with zero attached hydrogens (tertiary/aromatic N) is 5. The van der Waals surface area contributed by atoms with Crippen molar-refractivity contribution in [2.75, 3.05) is 24.5 Å². The Balaban J connectivity index is 0.943. The second kappa shape index (κ2) is 22.9. The number of fused-ring (bicyclic) bond motifs is 8. The van der Waals surface area contributed by atoms with Crippen LogP contribution in [0.15, 0.2) is 337 Å². The van der Waals surface area contributed by atoms with E-state index < -0.39 is 30.9 Å². The summed E-state index contributed by atoms with van der Waals surface area (Å²) in [5, 5.41) is 0. The molecule has 0 N–H and O–H groups in total. The summed E-state index contributed by atoms with van der Waals surface area (Å²) < 4.78 is 55.8. The molecule has 0 unspecified atom stereocenters. The maximum Gasteiger partial charge on any atom is 0.252 e. The molecular formula is C84H54B2F3N5S. The highest BCUT2D eigenvalue weighted by Crippen LogP contribution is 2.54. The average Bonchev–Trinajstić information content (AvgIpc) is 0.686. The van der Waals surface area contributed by atoms with Crippen molar-refractivity contribution in [1.82, 2.24) is 0 Å². The summed E-state index contributed by atoms with van der Waals surface area (Å²) in [5.74, 6) is -2.23. The van der Waals surface area contributed by atoms with Gasteiger partial charge in [0.05, 0.1) is 22.7 Å². The van der Waals surface area contributed by atoms with Gasteiger partial charge in [0.15, 0.2) is 5.82 Å². The maximum absolute atomic E-state index is 20.4. The predicted octanol–water partition coefficient (Wildman–Crippen LogP) is 19.2. The van der Waals surface area contributed by atoms with Crippen LogP contribution in [0.1, 0.15) is 0 Å². The topological polar surface area (TPSA) is 16.2 Å². The molecule has 4 aliphatic rings. The van der Waals surface area contributed by atoms with Crippen molar-refractivity contribution in [2.45, 2.75) is 9.79 Å². The Bertz CT molecular complexity index is 5270. The lowest BCUT2D eigenvalue weighted by Crippen LogP contribution is -2.65. The fourth-order valence-corrected chi connectivity index (χ4v) is 16.4. The SMILES string of the molecule is Fc1cccc(F)c1N1c2cc(N(c3ccccc3)c3ccccc3)cc3c2B(c2ccccc2N3c2ccccc2)c2cc3c(c(F)c21)Sc1cc(N(c2ccccc2)c2ccccc2-c2ccccc2)cc2c1B3c1ccccc1N2c1ccccc1-c1ccccc1. The third-order valence-corrected chi connectivity index (χ3v) is 20.2. The van der Waals surface area contributed by atoms with Crippen molar-refractivity contribution in [1.29, 1.82) is 0 Å². The fourth-order valence-electron chi connectivity index (χ4n) is 15.2. The minimum absolute atomic E-state index is 0.0832. The van der Waals surface area contributed by atoms with Gasteiger partial charge < -0.3 is 24.5 Å². The van der Waals surface area contributed by atoms with Gasteiger partial charge in [0.25, 0.3) is 6.71 Å². The van der Waals surface area contributed by atoms with Crippen LogP contribution < -0.4 is 57.3 Å². The number of halogens is 3. The van der Waals surface area contributed by atoms with Crippen molar-refractivity contribution in [2.24, 2.45) is 0 Å². The van der Waals surface area contributed by atoms with Crippen LogP contribution >= 0.6 is 11.8 Å². The zero-order chi connectivity index (χ0) is 63.3. The number of para-hydroxylation sites is 9. The highest BCUT2D eigenvalue weighted by molar-refractivity contribution is 8.00. The Labute approximate surface area is 554 Å². The second-order valence-electron chi connectivity index (χ2n) is 24.3. The Kier molecular flexibility index (Phi) is 13.5. The summed E-state index contributed by atoms with van der Waals surface area (Å²) in [6, 6.07) is 111. The number of rotatable bonds is 11. The molecule has 4 heterocycles. The summed E-state index contributed by atoms with van der Waals surface area (Å²) in [6.07, 6.45) is 0. The summed E-state index contributed by atoms with van der Waals surface area (Å²) in [5.41, 5.74) is 20.1. The molecule has 0 saturated heterocycles. The van der Waals surface area contributed by atoms with Crippen LogP contribution in [-0.2, 0) is 0 Å². The van der Waals surface area contributed by atoms with Gasteiger partial charge in [-0.25, -0.2) is 13.2 Å². The highest BCUT2D eigenvalue weighted by Gasteiger charge is 2.50. The Morgan fingerprint density at radius 1 is 0.295 bits per heavy atom. The Morgan fingerprint density at radius 3 is 1.34 bits per heavy atom. The van der Waals surface area contributed by atoms with Crippen molar-refractivity contribution in [3.05, 3.63) is 345 Å². The monoisotopic (exact) mass is 1240 g/mol. The van der Waals surface area contributed by atoms with Gasteiger partial charge in [-0.05, 0) is 148 Å². The van der Waals surface area contributed by atoms with Crippen LogP contribution in [0.5, 0.6) is 0 Å². The van der Waals surface area contributed by atoms with Crippen molar-refractivity contribution in [3.63, 3.8) is 0 Å². The lowest BCUT2D eigenvalue weighted by molar-refractivity contribution is 0.580. The first kappa shape index (κ1) is 56.1. The molecule has 0 amide bonds. The summed E-state index contributed by atoms with van der Waals surface area (Å²) in [4.78, 5) is 11.9. The van der Waals surface area contributed by atoms with Crippen molar-refractivity contribution in [3.8, 4) is 22.3 Å². The van der Waals surface area contributed by atoms with E-state index in [1.807, 2.05) is 91.0 Å². The molecule has 14 aromatic rings. The molecular weight excluding hydrogens is 1190 g/mol. The molecule has 4 aliphatic heterocycles. The van der Waals surface area contributed by atoms with Gasteiger partial charge in [-0.15, -0.1) is 0 Å². The molecule has 0 saturated carbocycles. The Morgan fingerprint density at radius 2 is 0.737 bits per heavy atom. The molecule has 0 radical (unpaired) electrons. The zero-order valence-electron chi connectivity index (χ0n) is 51.1. The van der Waals surface area contributed by atoms with Gasteiger partial charge in [-0.1, -0.05) is 236 Å². The number of hydrogen-bond donors (Lipinski definition) is 0. The average molecular weight is 1240 g/mol. The van der Waals surface area contributed by atoms with E-state index in [1.54, 1.807) is 4.90 Å². The first-order valence-electron chi connectivity index (χ1n) is 32.0. The predicted molar refractivity (Wildman–Crippen MR) is 390 cm³/mol. The van der Waals surface area contributed by atoms with E-state index >= 15 is 13.2 Å². The molecule has 5 nitrogen and oxygen atoms in total. The molecule has 95 heavy (non-hydrogen) atoms. The van der Waals surface area contributed by atoms with Crippen LogP contribution in [0.4, 0.5) is 98.5 Å². The minimum Gasteiger partial charge on any atom is -0.311 e. The molecule has 14 aromatic carbocycles. The van der Waals surface area contributed by atoms with Crippen LogP contribution in [0, 0.1) is 17.5 Å². The summed E-state index contributed by atoms with van der Waals surface area (Å²) in [6.45, 7) is -1.14. The van der Waals surface area contributed by atoms with Crippen LogP contribution in [0.25, 0.3) is 22.3 Å². The van der Waals surface area contributed by atoms with E-state index in [4.69, 9.17) is 0 Å². The highest BCUT2D eigenvalue weighted by atomic mass is 32.2. The fraction of sp³-hybridized carbons (Fsp3) is 0. The number of benzene rings is 14. The van der Waals surface area contributed by atoms with Gasteiger partial charge in [0.2, 0.25) is 6.71 Å². The summed E-state index contributed by atoms with van der Waals surface area (Å²) in [7, 11) is 0. The third-order valence-electron chi connectivity index (χ3n) is 19.0. The largest absolute Gasteiger partial charge is 0.311 e. The van der Waals surface area contributed by atoms with Crippen LogP contribution in [0.2, 0.25) is 0 Å². The Hall–Kier alpha value is -11.7. The van der Waals surface area contributed by atoms with E-state index in [0.717, 1.165) is 117 Å². The molecule has 0 fully saturated rings. The molecule has 11 heteroatoms. The second-order valence-corrected chi connectivity index (χ2v) is 25.3. The number of anilines is 15. The third kappa shape index (κ3) is 9.05. The quantitative estimate of drug-likeness (QED) is 0.119. The standard InChI is InChI=1S/C84H54B2F3N5S/c87-69-44-27-45-70(88)83(69)94-76-51-61(90(57-32-11-3-12-33-57)58-34-13-4-14-35-58)50-75-79(76)85(65-42-21-25-48-73(65)92(75)60-38-17-6-18-39-60)67-54-68-84(81(89)82(67)94)95-78-53-62(91(59-36-15-5-16-37-59)71-46-23-19-40-63(71)55-28-7-1-8-29-55)52-77-80(78)86(68)66-43-22-26-49-74(66)93(77)72-47-24-20-41-64(72)56-30-9-2-10-31-56/h1-54H. The van der Waals surface area contributed by atoms with Crippen molar-refractivity contribution >= 4 is 143 Å².